The minimum Gasteiger partial charge on any atom is -0.371 e. The van der Waals surface area contributed by atoms with E-state index in [2.05, 4.69) is 0 Å². The fraction of sp³-hybridized carbons (Fsp3) is 0.455. The minimum absolute atomic E-state index is 0.435. The van der Waals surface area contributed by atoms with Crippen molar-refractivity contribution in [1.29, 1.82) is 0 Å². The molecular formula is C11H13FN2O2. The van der Waals surface area contributed by atoms with Crippen LogP contribution in [0.3, 0.4) is 0 Å². The molecule has 0 aliphatic heterocycles. The zero-order valence-corrected chi connectivity index (χ0v) is 9.02. The lowest BCUT2D eigenvalue weighted by molar-refractivity contribution is -0.387. The van der Waals surface area contributed by atoms with Crippen molar-refractivity contribution in [2.75, 3.05) is 11.9 Å². The Kier molecular flexibility index (Phi) is 2.77. The first-order valence-electron chi connectivity index (χ1n) is 5.26. The number of anilines is 1. The molecule has 0 saturated heterocycles. The summed E-state index contributed by atoms with van der Waals surface area (Å²) in [4.78, 5) is 11.9. The minimum atomic E-state index is -0.782. The molecule has 2 rings (SSSR count). The maximum Gasteiger partial charge on any atom is 0.306 e. The molecule has 1 aliphatic rings. The molecule has 0 bridgehead atoms. The van der Waals surface area contributed by atoms with Crippen LogP contribution in [-0.2, 0) is 0 Å². The SMILES string of the molecule is CN(c1ccc(F)c([N+](=O)[O-])c1)C1CCC1. The van der Waals surface area contributed by atoms with Gasteiger partial charge in [-0.25, -0.2) is 0 Å². The second kappa shape index (κ2) is 4.08. The Bertz CT molecular complexity index is 418. The van der Waals surface area contributed by atoms with Gasteiger partial charge >= 0.3 is 5.69 Å². The predicted molar refractivity (Wildman–Crippen MR) is 59.1 cm³/mol. The van der Waals surface area contributed by atoms with Gasteiger partial charge in [-0.3, -0.25) is 10.1 Å². The molecule has 0 heterocycles. The lowest BCUT2D eigenvalue weighted by Gasteiger charge is -2.36. The van der Waals surface area contributed by atoms with Crippen LogP contribution < -0.4 is 4.90 Å². The summed E-state index contributed by atoms with van der Waals surface area (Å²) in [6.45, 7) is 0. The van der Waals surface area contributed by atoms with E-state index in [1.165, 1.54) is 12.5 Å². The highest BCUT2D eigenvalue weighted by atomic mass is 19.1. The van der Waals surface area contributed by atoms with Gasteiger partial charge < -0.3 is 4.90 Å². The van der Waals surface area contributed by atoms with Gasteiger partial charge in [-0.2, -0.15) is 4.39 Å². The van der Waals surface area contributed by atoms with Gasteiger partial charge in [0.15, 0.2) is 0 Å². The zero-order chi connectivity index (χ0) is 11.7. The Labute approximate surface area is 92.8 Å². The van der Waals surface area contributed by atoms with Gasteiger partial charge in [0.25, 0.3) is 0 Å². The molecule has 16 heavy (non-hydrogen) atoms. The van der Waals surface area contributed by atoms with Crippen molar-refractivity contribution >= 4 is 11.4 Å². The van der Waals surface area contributed by atoms with Crippen LogP contribution in [0.5, 0.6) is 0 Å². The van der Waals surface area contributed by atoms with E-state index in [1.54, 1.807) is 6.07 Å². The Morgan fingerprint density at radius 1 is 1.50 bits per heavy atom. The van der Waals surface area contributed by atoms with Gasteiger partial charge in [-0.1, -0.05) is 0 Å². The number of halogens is 1. The highest BCUT2D eigenvalue weighted by Crippen LogP contribution is 2.30. The van der Waals surface area contributed by atoms with Crippen molar-refractivity contribution in [3.05, 3.63) is 34.1 Å². The van der Waals surface area contributed by atoms with Crippen LogP contribution >= 0.6 is 0 Å². The molecule has 1 saturated carbocycles. The normalized spacial score (nSPS) is 15.6. The van der Waals surface area contributed by atoms with Gasteiger partial charge in [0.2, 0.25) is 5.82 Å². The van der Waals surface area contributed by atoms with E-state index in [1.807, 2.05) is 11.9 Å². The van der Waals surface area contributed by atoms with Crippen LogP contribution in [0.4, 0.5) is 15.8 Å². The predicted octanol–water partition coefficient (Wildman–Crippen LogP) is 2.72. The van der Waals surface area contributed by atoms with Crippen molar-refractivity contribution in [2.45, 2.75) is 25.3 Å². The Morgan fingerprint density at radius 3 is 2.69 bits per heavy atom. The fourth-order valence-corrected chi connectivity index (χ4v) is 1.85. The Morgan fingerprint density at radius 2 is 2.19 bits per heavy atom. The summed E-state index contributed by atoms with van der Waals surface area (Å²) >= 11 is 0. The number of hydrogen-bond acceptors (Lipinski definition) is 3. The maximum absolute atomic E-state index is 13.1. The Hall–Kier alpha value is -1.65. The summed E-state index contributed by atoms with van der Waals surface area (Å²) in [6, 6.07) is 4.47. The quantitative estimate of drug-likeness (QED) is 0.585. The van der Waals surface area contributed by atoms with Gasteiger partial charge in [0.1, 0.15) is 0 Å². The fourth-order valence-electron chi connectivity index (χ4n) is 1.85. The number of nitrogens with zero attached hydrogens (tertiary/aromatic N) is 2. The van der Waals surface area contributed by atoms with E-state index in [0.29, 0.717) is 11.7 Å². The summed E-state index contributed by atoms with van der Waals surface area (Å²) < 4.78 is 13.1. The van der Waals surface area contributed by atoms with E-state index in [0.717, 1.165) is 18.9 Å². The zero-order valence-electron chi connectivity index (χ0n) is 9.02. The van der Waals surface area contributed by atoms with Crippen molar-refractivity contribution in [3.63, 3.8) is 0 Å². The lowest BCUT2D eigenvalue weighted by atomic mass is 9.91. The van der Waals surface area contributed by atoms with Gasteiger partial charge in [0.05, 0.1) is 4.92 Å². The van der Waals surface area contributed by atoms with Crippen LogP contribution in [-0.4, -0.2) is 18.0 Å². The summed E-state index contributed by atoms with van der Waals surface area (Å²) in [7, 11) is 1.89. The average molecular weight is 224 g/mol. The standard InChI is InChI=1S/C11H13FN2O2/c1-13(8-3-2-4-8)9-5-6-10(12)11(7-9)14(15)16/h5-8H,2-4H2,1H3. The number of nitro groups is 1. The highest BCUT2D eigenvalue weighted by molar-refractivity contribution is 5.54. The Balaban J connectivity index is 2.27. The summed E-state index contributed by atoms with van der Waals surface area (Å²) in [5, 5.41) is 10.6. The monoisotopic (exact) mass is 224 g/mol. The van der Waals surface area contributed by atoms with Crippen molar-refractivity contribution in [1.82, 2.24) is 0 Å². The molecule has 0 N–H and O–H groups in total. The molecule has 1 fully saturated rings. The average Bonchev–Trinajstić information content (AvgIpc) is 2.15. The second-order valence-electron chi connectivity index (χ2n) is 4.09. The molecule has 5 heteroatoms. The van der Waals surface area contributed by atoms with E-state index in [9.17, 15) is 14.5 Å². The molecule has 1 aromatic rings. The molecule has 0 aromatic heterocycles. The first-order chi connectivity index (χ1) is 7.59. The number of hydrogen-bond donors (Lipinski definition) is 0. The molecule has 0 unspecified atom stereocenters. The molecule has 0 spiro atoms. The molecule has 0 amide bonds. The molecule has 0 radical (unpaired) electrons. The number of rotatable bonds is 3. The third-order valence-corrected chi connectivity index (χ3v) is 3.16. The van der Waals surface area contributed by atoms with E-state index < -0.39 is 16.4 Å². The van der Waals surface area contributed by atoms with Crippen LogP contribution in [0.2, 0.25) is 0 Å². The summed E-state index contributed by atoms with van der Waals surface area (Å²) in [5.41, 5.74) is 0.251. The summed E-state index contributed by atoms with van der Waals surface area (Å²) in [5.74, 6) is -0.782. The largest absolute Gasteiger partial charge is 0.371 e. The lowest BCUT2D eigenvalue weighted by Crippen LogP contribution is -2.37. The summed E-state index contributed by atoms with van der Waals surface area (Å²) in [6.07, 6.45) is 3.39. The first-order valence-corrected chi connectivity index (χ1v) is 5.26. The number of nitro benzene ring substituents is 1. The van der Waals surface area contributed by atoms with Gasteiger partial charge in [-0.15, -0.1) is 0 Å². The van der Waals surface area contributed by atoms with Crippen molar-refractivity contribution < 1.29 is 9.31 Å². The van der Waals surface area contributed by atoms with Gasteiger partial charge in [-0.05, 0) is 31.4 Å². The smallest absolute Gasteiger partial charge is 0.306 e. The molecular weight excluding hydrogens is 211 g/mol. The van der Waals surface area contributed by atoms with E-state index in [4.69, 9.17) is 0 Å². The van der Waals surface area contributed by atoms with Crippen LogP contribution in [0.25, 0.3) is 0 Å². The van der Waals surface area contributed by atoms with Crippen LogP contribution in [0.1, 0.15) is 19.3 Å². The van der Waals surface area contributed by atoms with E-state index >= 15 is 0 Å². The molecule has 1 aromatic carbocycles. The molecule has 86 valence electrons. The van der Waals surface area contributed by atoms with Crippen LogP contribution in [0.15, 0.2) is 18.2 Å². The topological polar surface area (TPSA) is 46.4 Å². The van der Waals surface area contributed by atoms with Crippen molar-refractivity contribution in [2.24, 2.45) is 0 Å². The molecule has 0 atom stereocenters. The van der Waals surface area contributed by atoms with Gasteiger partial charge in [0, 0.05) is 24.8 Å². The number of benzene rings is 1. The van der Waals surface area contributed by atoms with Crippen LogP contribution in [0, 0.1) is 15.9 Å². The van der Waals surface area contributed by atoms with E-state index in [-0.39, 0.29) is 0 Å². The maximum atomic E-state index is 13.1. The third kappa shape index (κ3) is 1.85. The molecule has 1 aliphatic carbocycles. The molecule has 4 nitrogen and oxygen atoms in total. The van der Waals surface area contributed by atoms with Crippen molar-refractivity contribution in [3.8, 4) is 0 Å². The second-order valence-corrected chi connectivity index (χ2v) is 4.09. The highest BCUT2D eigenvalue weighted by Gasteiger charge is 2.24. The first kappa shape index (κ1) is 10.9. The third-order valence-electron chi connectivity index (χ3n) is 3.16.